The normalized spacial score (nSPS) is 18.6. The Kier molecular flexibility index (Phi) is 3.84. The molecule has 1 N–H and O–H groups in total. The van der Waals surface area contributed by atoms with E-state index < -0.39 is 21.7 Å². The quantitative estimate of drug-likeness (QED) is 0.420. The van der Waals surface area contributed by atoms with Gasteiger partial charge in [-0.25, -0.2) is 8.42 Å². The van der Waals surface area contributed by atoms with Crippen LogP contribution in [-0.2, 0) is 19.4 Å². The number of hydrogen-bond acceptors (Lipinski definition) is 5. The number of nitriles is 1. The largest absolute Gasteiger partial charge is 0.335 e. The first-order chi connectivity index (χ1) is 7.46. The van der Waals surface area contributed by atoms with Crippen molar-refractivity contribution in [3.63, 3.8) is 0 Å². The molecule has 0 aliphatic carbocycles. The van der Waals surface area contributed by atoms with Gasteiger partial charge in [0.15, 0.2) is 9.84 Å². The summed E-state index contributed by atoms with van der Waals surface area (Å²) >= 11 is 0. The highest BCUT2D eigenvalue weighted by molar-refractivity contribution is 7.91. The fourth-order valence-electron chi connectivity index (χ4n) is 1.25. The second-order valence-corrected chi connectivity index (χ2v) is 5.59. The smallest absolute Gasteiger partial charge is 0.311 e. The van der Waals surface area contributed by atoms with Gasteiger partial charge in [0.2, 0.25) is 0 Å². The van der Waals surface area contributed by atoms with Crippen LogP contribution in [-0.4, -0.2) is 56.3 Å². The summed E-state index contributed by atoms with van der Waals surface area (Å²) in [7, 11) is -3.07. The molecule has 0 unspecified atom stereocenters. The van der Waals surface area contributed by atoms with Crippen LogP contribution in [0.3, 0.4) is 0 Å². The zero-order valence-electron chi connectivity index (χ0n) is 8.47. The van der Waals surface area contributed by atoms with Crippen molar-refractivity contribution in [2.24, 2.45) is 0 Å². The Labute approximate surface area is 92.9 Å². The molecule has 1 aliphatic rings. The predicted molar refractivity (Wildman–Crippen MR) is 53.9 cm³/mol. The molecule has 2 amide bonds. The van der Waals surface area contributed by atoms with E-state index in [0.717, 1.165) is 0 Å². The summed E-state index contributed by atoms with van der Waals surface area (Å²) in [5.74, 6) is -1.90. The monoisotopic (exact) mass is 245 g/mol. The average molecular weight is 245 g/mol. The van der Waals surface area contributed by atoms with E-state index in [4.69, 9.17) is 5.26 Å². The lowest BCUT2D eigenvalue weighted by molar-refractivity contribution is -0.145. The van der Waals surface area contributed by atoms with Gasteiger partial charge in [-0.3, -0.25) is 9.59 Å². The molecule has 1 heterocycles. The maximum Gasteiger partial charge on any atom is 0.311 e. The summed E-state index contributed by atoms with van der Waals surface area (Å²) in [4.78, 5) is 23.8. The Hall–Kier alpha value is -1.62. The van der Waals surface area contributed by atoms with Crippen molar-refractivity contribution in [2.75, 3.05) is 31.1 Å². The molecule has 0 aromatic carbocycles. The first-order valence-electron chi connectivity index (χ1n) is 4.61. The number of carbonyl (C=O) groups excluding carboxylic acids is 2. The molecule has 0 spiro atoms. The van der Waals surface area contributed by atoms with Crippen LogP contribution in [0.5, 0.6) is 0 Å². The number of nitrogens with zero attached hydrogens (tertiary/aromatic N) is 2. The topological polar surface area (TPSA) is 107 Å². The second-order valence-electron chi connectivity index (χ2n) is 3.28. The third-order valence-electron chi connectivity index (χ3n) is 2.15. The molecular formula is C8H11N3O4S. The van der Waals surface area contributed by atoms with Gasteiger partial charge in [-0.2, -0.15) is 5.26 Å². The molecule has 0 aromatic heterocycles. The van der Waals surface area contributed by atoms with Crippen molar-refractivity contribution in [3.8, 4) is 6.07 Å². The summed E-state index contributed by atoms with van der Waals surface area (Å²) in [6, 6.07) is 1.67. The summed E-state index contributed by atoms with van der Waals surface area (Å²) in [5, 5.41) is 10.3. The van der Waals surface area contributed by atoms with Gasteiger partial charge in [-0.1, -0.05) is 0 Å². The van der Waals surface area contributed by atoms with Gasteiger partial charge >= 0.3 is 11.8 Å². The number of rotatable bonds is 1. The SMILES string of the molecule is N#CCNC(=O)C(=O)N1CCS(=O)(=O)CC1. The number of nitrogens with one attached hydrogen (secondary N) is 1. The molecular weight excluding hydrogens is 234 g/mol. The van der Waals surface area contributed by atoms with Crippen LogP contribution in [0.1, 0.15) is 0 Å². The predicted octanol–water partition coefficient (Wildman–Crippen LogP) is -2.12. The standard InChI is InChI=1S/C8H11N3O4S/c9-1-2-10-7(12)8(13)11-3-5-16(14,15)6-4-11/h2-6H2,(H,10,12). The minimum absolute atomic E-state index is 0.0289. The first-order valence-corrected chi connectivity index (χ1v) is 6.43. The Morgan fingerprint density at radius 1 is 1.31 bits per heavy atom. The molecule has 8 heteroatoms. The molecule has 0 bridgehead atoms. The van der Waals surface area contributed by atoms with Crippen LogP contribution in [0.25, 0.3) is 0 Å². The lowest BCUT2D eigenvalue weighted by Crippen LogP contribution is -2.49. The molecule has 0 aromatic rings. The summed E-state index contributed by atoms with van der Waals surface area (Å²) in [5.41, 5.74) is 0. The van der Waals surface area contributed by atoms with Crippen LogP contribution in [0.4, 0.5) is 0 Å². The lowest BCUT2D eigenvalue weighted by Gasteiger charge is -2.25. The van der Waals surface area contributed by atoms with E-state index in [2.05, 4.69) is 5.32 Å². The van der Waals surface area contributed by atoms with E-state index in [9.17, 15) is 18.0 Å². The molecule has 7 nitrogen and oxygen atoms in total. The Bertz CT molecular complexity index is 423. The van der Waals surface area contributed by atoms with Gasteiger partial charge in [0.25, 0.3) is 0 Å². The van der Waals surface area contributed by atoms with Gasteiger partial charge in [-0.15, -0.1) is 0 Å². The van der Waals surface area contributed by atoms with Crippen LogP contribution in [0, 0.1) is 11.3 Å². The van der Waals surface area contributed by atoms with E-state index in [1.54, 1.807) is 6.07 Å². The lowest BCUT2D eigenvalue weighted by atomic mass is 10.4. The third kappa shape index (κ3) is 3.20. The minimum Gasteiger partial charge on any atom is -0.335 e. The highest BCUT2D eigenvalue weighted by Gasteiger charge is 2.28. The summed E-state index contributed by atoms with van der Waals surface area (Å²) < 4.78 is 22.2. The number of carbonyl (C=O) groups is 2. The summed E-state index contributed by atoms with van der Waals surface area (Å²) in [6.45, 7) is -0.182. The fraction of sp³-hybridized carbons (Fsp3) is 0.625. The maximum atomic E-state index is 11.4. The van der Waals surface area contributed by atoms with Crippen molar-refractivity contribution in [3.05, 3.63) is 0 Å². The van der Waals surface area contributed by atoms with Gasteiger partial charge in [-0.05, 0) is 0 Å². The zero-order valence-corrected chi connectivity index (χ0v) is 9.29. The van der Waals surface area contributed by atoms with Gasteiger partial charge in [0, 0.05) is 13.1 Å². The van der Waals surface area contributed by atoms with Crippen molar-refractivity contribution >= 4 is 21.7 Å². The number of hydrogen-bond donors (Lipinski definition) is 1. The van der Waals surface area contributed by atoms with E-state index >= 15 is 0 Å². The fourth-order valence-corrected chi connectivity index (χ4v) is 2.46. The van der Waals surface area contributed by atoms with Crippen molar-refractivity contribution in [1.82, 2.24) is 10.2 Å². The van der Waals surface area contributed by atoms with Crippen LogP contribution in [0.15, 0.2) is 0 Å². The Morgan fingerprint density at radius 3 is 2.38 bits per heavy atom. The summed E-state index contributed by atoms with van der Waals surface area (Å²) in [6.07, 6.45) is 0. The highest BCUT2D eigenvalue weighted by atomic mass is 32.2. The van der Waals surface area contributed by atoms with Crippen molar-refractivity contribution in [1.29, 1.82) is 5.26 Å². The third-order valence-corrected chi connectivity index (χ3v) is 3.76. The maximum absolute atomic E-state index is 11.4. The molecule has 88 valence electrons. The zero-order chi connectivity index (χ0) is 12.2. The van der Waals surface area contributed by atoms with Gasteiger partial charge in [0.05, 0.1) is 17.6 Å². The van der Waals surface area contributed by atoms with Crippen molar-refractivity contribution < 1.29 is 18.0 Å². The molecule has 0 radical (unpaired) electrons. The van der Waals surface area contributed by atoms with Crippen LogP contribution >= 0.6 is 0 Å². The van der Waals surface area contributed by atoms with E-state index in [-0.39, 0.29) is 31.1 Å². The molecule has 1 aliphatic heterocycles. The Morgan fingerprint density at radius 2 is 1.88 bits per heavy atom. The molecule has 0 atom stereocenters. The van der Waals surface area contributed by atoms with E-state index in [1.807, 2.05) is 0 Å². The molecule has 16 heavy (non-hydrogen) atoms. The first kappa shape index (κ1) is 12.4. The van der Waals surface area contributed by atoms with Gasteiger partial charge in [0.1, 0.15) is 6.54 Å². The van der Waals surface area contributed by atoms with E-state index in [1.165, 1.54) is 4.90 Å². The van der Waals surface area contributed by atoms with Crippen LogP contribution in [0.2, 0.25) is 0 Å². The second kappa shape index (κ2) is 4.94. The van der Waals surface area contributed by atoms with Crippen molar-refractivity contribution in [2.45, 2.75) is 0 Å². The van der Waals surface area contributed by atoms with Gasteiger partial charge < -0.3 is 10.2 Å². The molecule has 1 saturated heterocycles. The molecule has 1 fully saturated rings. The highest BCUT2D eigenvalue weighted by Crippen LogP contribution is 2.03. The number of amides is 2. The Balaban J connectivity index is 2.51. The number of sulfone groups is 1. The minimum atomic E-state index is -3.07. The average Bonchev–Trinajstić information content (AvgIpc) is 2.25. The molecule has 1 rings (SSSR count). The molecule has 0 saturated carbocycles. The van der Waals surface area contributed by atoms with E-state index in [0.29, 0.717) is 0 Å². The van der Waals surface area contributed by atoms with Crippen LogP contribution < -0.4 is 5.32 Å².